The van der Waals surface area contributed by atoms with Crippen molar-refractivity contribution in [2.45, 2.75) is 13.5 Å². The number of ether oxygens (including phenoxy) is 1. The smallest absolute Gasteiger partial charge is 0.387 e. The standard InChI is InChI=1S/C15H16F2N4O4S/c1-9-13(14(24)18-6-7-26-8-12(22)23)19-20-21(9)10-2-4-11(5-3-10)25-15(16)17/h2-5,15H,6-8H2,1H3,(H,18,24)(H,22,23). The van der Waals surface area contributed by atoms with Crippen LogP contribution in [-0.4, -0.2) is 56.6 Å². The first-order chi connectivity index (χ1) is 12.4. The van der Waals surface area contributed by atoms with Crippen molar-refractivity contribution in [2.24, 2.45) is 0 Å². The normalized spacial score (nSPS) is 10.8. The number of carboxylic acid groups (broad SMARTS) is 1. The zero-order chi connectivity index (χ0) is 19.1. The van der Waals surface area contributed by atoms with E-state index in [-0.39, 0.29) is 17.2 Å². The van der Waals surface area contributed by atoms with Gasteiger partial charge >= 0.3 is 12.6 Å². The molecule has 0 aliphatic rings. The maximum atomic E-state index is 12.2. The van der Waals surface area contributed by atoms with Gasteiger partial charge in [0.05, 0.1) is 17.1 Å². The number of rotatable bonds is 9. The highest BCUT2D eigenvalue weighted by Gasteiger charge is 2.17. The molecule has 1 heterocycles. The number of carbonyl (C=O) groups excluding carboxylic acids is 1. The summed E-state index contributed by atoms with van der Waals surface area (Å²) in [4.78, 5) is 22.5. The van der Waals surface area contributed by atoms with Crippen LogP contribution in [0, 0.1) is 6.92 Å². The van der Waals surface area contributed by atoms with Crippen LogP contribution in [-0.2, 0) is 4.79 Å². The Kier molecular flexibility index (Phi) is 6.89. The fourth-order valence-electron chi connectivity index (χ4n) is 2.03. The monoisotopic (exact) mass is 386 g/mol. The number of amides is 1. The third kappa shape index (κ3) is 5.41. The Morgan fingerprint density at radius 2 is 2.04 bits per heavy atom. The summed E-state index contributed by atoms with van der Waals surface area (Å²) in [6.07, 6.45) is 0. The predicted octanol–water partition coefficient (Wildman–Crippen LogP) is 1.72. The lowest BCUT2D eigenvalue weighted by Gasteiger charge is -2.07. The molecule has 0 spiro atoms. The van der Waals surface area contributed by atoms with Gasteiger partial charge in [0.2, 0.25) is 0 Å². The highest BCUT2D eigenvalue weighted by atomic mass is 32.2. The molecule has 0 unspecified atom stereocenters. The van der Waals surface area contributed by atoms with E-state index in [2.05, 4.69) is 20.4 Å². The van der Waals surface area contributed by atoms with E-state index in [0.717, 1.165) is 0 Å². The fourth-order valence-corrected chi connectivity index (χ4v) is 2.60. The van der Waals surface area contributed by atoms with Crippen molar-refractivity contribution in [3.05, 3.63) is 35.7 Å². The van der Waals surface area contributed by atoms with Gasteiger partial charge in [-0.15, -0.1) is 16.9 Å². The van der Waals surface area contributed by atoms with Gasteiger partial charge < -0.3 is 15.2 Å². The van der Waals surface area contributed by atoms with E-state index in [4.69, 9.17) is 5.11 Å². The average Bonchev–Trinajstić information content (AvgIpc) is 2.96. The molecule has 2 rings (SSSR count). The van der Waals surface area contributed by atoms with E-state index in [1.165, 1.54) is 40.7 Å². The molecule has 0 aliphatic carbocycles. The first kappa shape index (κ1) is 19.6. The van der Waals surface area contributed by atoms with E-state index in [0.29, 0.717) is 23.7 Å². The molecule has 1 aromatic heterocycles. The number of alkyl halides is 2. The van der Waals surface area contributed by atoms with E-state index in [1.807, 2.05) is 0 Å². The molecule has 8 nitrogen and oxygen atoms in total. The number of hydrogen-bond acceptors (Lipinski definition) is 6. The summed E-state index contributed by atoms with van der Waals surface area (Å²) in [6, 6.07) is 5.76. The highest BCUT2D eigenvalue weighted by molar-refractivity contribution is 7.99. The lowest BCUT2D eigenvalue weighted by Crippen LogP contribution is -2.27. The van der Waals surface area contributed by atoms with E-state index < -0.39 is 18.5 Å². The minimum absolute atomic E-state index is 0.0124. The van der Waals surface area contributed by atoms with Crippen molar-refractivity contribution in [2.75, 3.05) is 18.1 Å². The lowest BCUT2D eigenvalue weighted by atomic mass is 10.2. The topological polar surface area (TPSA) is 106 Å². The molecule has 2 aromatic rings. The molecular weight excluding hydrogens is 370 g/mol. The molecule has 0 saturated carbocycles. The van der Waals surface area contributed by atoms with Crippen LogP contribution in [0.5, 0.6) is 5.75 Å². The number of nitrogens with one attached hydrogen (secondary N) is 1. The van der Waals surface area contributed by atoms with Crippen molar-refractivity contribution in [3.63, 3.8) is 0 Å². The van der Waals surface area contributed by atoms with Crippen LogP contribution < -0.4 is 10.1 Å². The molecule has 0 aliphatic heterocycles. The second kappa shape index (κ2) is 9.13. The van der Waals surface area contributed by atoms with Crippen LogP contribution in [0.2, 0.25) is 0 Å². The number of carboxylic acids is 1. The van der Waals surface area contributed by atoms with Crippen LogP contribution in [0.3, 0.4) is 0 Å². The van der Waals surface area contributed by atoms with Gasteiger partial charge in [0.25, 0.3) is 5.91 Å². The fraction of sp³-hybridized carbons (Fsp3) is 0.333. The molecule has 140 valence electrons. The summed E-state index contributed by atoms with van der Waals surface area (Å²) < 4.78 is 30.0. The molecule has 0 atom stereocenters. The number of halogens is 2. The largest absolute Gasteiger partial charge is 0.481 e. The van der Waals surface area contributed by atoms with Crippen molar-refractivity contribution < 1.29 is 28.2 Å². The van der Waals surface area contributed by atoms with E-state index in [9.17, 15) is 18.4 Å². The quantitative estimate of drug-likeness (QED) is 0.632. The average molecular weight is 386 g/mol. The number of hydrogen-bond donors (Lipinski definition) is 2. The molecule has 0 radical (unpaired) electrons. The number of nitrogens with zero attached hydrogens (tertiary/aromatic N) is 3. The maximum absolute atomic E-state index is 12.2. The zero-order valence-electron chi connectivity index (χ0n) is 13.7. The molecule has 0 fully saturated rings. The number of thioether (sulfide) groups is 1. The molecule has 11 heteroatoms. The second-order valence-electron chi connectivity index (χ2n) is 5.01. The van der Waals surface area contributed by atoms with Crippen molar-refractivity contribution in [1.29, 1.82) is 0 Å². The summed E-state index contributed by atoms with van der Waals surface area (Å²) in [5.41, 5.74) is 1.14. The highest BCUT2D eigenvalue weighted by Crippen LogP contribution is 2.18. The number of aromatic nitrogens is 3. The van der Waals surface area contributed by atoms with Crippen LogP contribution >= 0.6 is 11.8 Å². The Labute approximate surface area is 151 Å². The van der Waals surface area contributed by atoms with Gasteiger partial charge in [-0.3, -0.25) is 9.59 Å². The summed E-state index contributed by atoms with van der Waals surface area (Å²) in [5.74, 6) is -0.904. The minimum atomic E-state index is -2.90. The molecule has 1 amide bonds. The maximum Gasteiger partial charge on any atom is 0.387 e. The van der Waals surface area contributed by atoms with Crippen LogP contribution in [0.15, 0.2) is 24.3 Å². The van der Waals surface area contributed by atoms with Crippen molar-refractivity contribution in [1.82, 2.24) is 20.3 Å². The van der Waals surface area contributed by atoms with Crippen LogP contribution in [0.4, 0.5) is 8.78 Å². The number of aliphatic carboxylic acids is 1. The molecule has 0 bridgehead atoms. The molecule has 1 aromatic carbocycles. The van der Waals surface area contributed by atoms with E-state index >= 15 is 0 Å². The first-order valence-corrected chi connectivity index (χ1v) is 8.59. The first-order valence-electron chi connectivity index (χ1n) is 7.43. The predicted molar refractivity (Wildman–Crippen MR) is 90.0 cm³/mol. The van der Waals surface area contributed by atoms with Crippen molar-refractivity contribution >= 4 is 23.6 Å². The molecule has 26 heavy (non-hydrogen) atoms. The van der Waals surface area contributed by atoms with Gasteiger partial charge in [0, 0.05) is 12.3 Å². The van der Waals surface area contributed by atoms with Gasteiger partial charge in [0.1, 0.15) is 5.75 Å². The van der Waals surface area contributed by atoms with Crippen LogP contribution in [0.1, 0.15) is 16.2 Å². The van der Waals surface area contributed by atoms with Crippen LogP contribution in [0.25, 0.3) is 5.69 Å². The second-order valence-corrected chi connectivity index (χ2v) is 6.12. The van der Waals surface area contributed by atoms with Gasteiger partial charge in [-0.05, 0) is 31.2 Å². The minimum Gasteiger partial charge on any atom is -0.481 e. The van der Waals surface area contributed by atoms with Gasteiger partial charge in [0.15, 0.2) is 5.69 Å². The third-order valence-electron chi connectivity index (χ3n) is 3.17. The van der Waals surface area contributed by atoms with Gasteiger partial charge in [-0.1, -0.05) is 5.21 Å². The summed E-state index contributed by atoms with van der Waals surface area (Å²) in [7, 11) is 0. The Hall–Kier alpha value is -2.69. The lowest BCUT2D eigenvalue weighted by molar-refractivity contribution is -0.133. The number of carbonyl (C=O) groups is 2. The van der Waals surface area contributed by atoms with Gasteiger partial charge in [-0.2, -0.15) is 8.78 Å². The number of benzene rings is 1. The molecule has 0 saturated heterocycles. The molecular formula is C15H16F2N4O4S. The summed E-state index contributed by atoms with van der Waals surface area (Å²) in [5, 5.41) is 18.9. The summed E-state index contributed by atoms with van der Waals surface area (Å²) in [6.45, 7) is -0.960. The Balaban J connectivity index is 1.98. The summed E-state index contributed by atoms with van der Waals surface area (Å²) >= 11 is 1.19. The van der Waals surface area contributed by atoms with Crippen molar-refractivity contribution in [3.8, 4) is 11.4 Å². The Morgan fingerprint density at radius 1 is 1.35 bits per heavy atom. The molecule has 2 N–H and O–H groups in total. The Bertz CT molecular complexity index is 768. The third-order valence-corrected chi connectivity index (χ3v) is 4.12. The van der Waals surface area contributed by atoms with E-state index in [1.54, 1.807) is 6.92 Å². The van der Waals surface area contributed by atoms with Gasteiger partial charge in [-0.25, -0.2) is 4.68 Å². The Morgan fingerprint density at radius 3 is 2.65 bits per heavy atom. The zero-order valence-corrected chi connectivity index (χ0v) is 14.5. The SMILES string of the molecule is Cc1c(C(=O)NCCSCC(=O)O)nnn1-c1ccc(OC(F)F)cc1.